The SMILES string of the molecule is C.C=C(CC1CCC(C)=CC=C1C)c1ccc(C)cc1.CC.CC.CCC. The number of hydrogen-bond acceptors (Lipinski definition) is 0. The Balaban J connectivity index is -0.000000639. The van der Waals surface area contributed by atoms with E-state index in [1.165, 1.54) is 47.1 Å². The zero-order valence-corrected chi connectivity index (χ0v) is 19.1. The van der Waals surface area contributed by atoms with Gasteiger partial charge >= 0.3 is 0 Å². The molecule has 1 unspecified atom stereocenters. The number of rotatable bonds is 3. The predicted molar refractivity (Wildman–Crippen MR) is 130 cm³/mol. The molecule has 0 saturated heterocycles. The maximum atomic E-state index is 4.29. The first-order valence-corrected chi connectivity index (χ1v) is 10.6. The van der Waals surface area contributed by atoms with Crippen molar-refractivity contribution in [2.75, 3.05) is 0 Å². The summed E-state index contributed by atoms with van der Waals surface area (Å²) in [5.74, 6) is 0.641. The fourth-order valence-corrected chi connectivity index (χ4v) is 2.59. The van der Waals surface area contributed by atoms with E-state index < -0.39 is 0 Å². The lowest BCUT2D eigenvalue weighted by molar-refractivity contribution is 0.577. The van der Waals surface area contributed by atoms with Gasteiger partial charge in [0.15, 0.2) is 0 Å². The normalized spacial score (nSPS) is 14.8. The van der Waals surface area contributed by atoms with Crippen LogP contribution in [-0.4, -0.2) is 0 Å². The highest BCUT2D eigenvalue weighted by atomic mass is 14.2. The topological polar surface area (TPSA) is 0 Å². The third-order valence-electron chi connectivity index (χ3n) is 4.11. The summed E-state index contributed by atoms with van der Waals surface area (Å²) in [4.78, 5) is 0. The number of hydrogen-bond donors (Lipinski definition) is 0. The summed E-state index contributed by atoms with van der Waals surface area (Å²) in [6, 6.07) is 8.72. The van der Waals surface area contributed by atoms with Gasteiger partial charge in [-0.2, -0.15) is 0 Å². The van der Waals surface area contributed by atoms with E-state index in [1.807, 2.05) is 27.7 Å². The molecule has 1 aliphatic rings. The van der Waals surface area contributed by atoms with E-state index in [0.29, 0.717) is 5.92 Å². The van der Waals surface area contributed by atoms with Gasteiger partial charge in [-0.15, -0.1) is 0 Å². The van der Waals surface area contributed by atoms with Gasteiger partial charge < -0.3 is 0 Å². The molecule has 0 aromatic heterocycles. The summed E-state index contributed by atoms with van der Waals surface area (Å²) in [5.41, 5.74) is 6.83. The summed E-state index contributed by atoms with van der Waals surface area (Å²) >= 11 is 0. The van der Waals surface area contributed by atoms with Gasteiger partial charge in [-0.1, -0.05) is 115 Å². The van der Waals surface area contributed by atoms with E-state index in [2.05, 4.69) is 77.6 Å². The standard InChI is InChI=1S/C19H24.C3H8.2C2H6.CH4/c1-14-5-9-16(3)19(12-8-14)13-17(4)18-10-6-15(2)7-11-18;1-3-2;2*1-2;/h5-7,9-11,19H,4,8,12-13H2,1-3H3;3H2,1-2H3;2*1-2H3;1H4. The van der Waals surface area contributed by atoms with Crippen molar-refractivity contribution in [1.29, 1.82) is 0 Å². The van der Waals surface area contributed by atoms with E-state index in [9.17, 15) is 0 Å². The molecule has 156 valence electrons. The van der Waals surface area contributed by atoms with Gasteiger partial charge in [0.05, 0.1) is 0 Å². The van der Waals surface area contributed by atoms with Crippen LogP contribution in [0.4, 0.5) is 0 Å². The quantitative estimate of drug-likeness (QED) is 0.495. The van der Waals surface area contributed by atoms with Gasteiger partial charge in [-0.25, -0.2) is 0 Å². The van der Waals surface area contributed by atoms with Crippen molar-refractivity contribution in [2.24, 2.45) is 5.92 Å². The summed E-state index contributed by atoms with van der Waals surface area (Å²) in [5, 5.41) is 0. The molecule has 0 fully saturated rings. The lowest BCUT2D eigenvalue weighted by Crippen LogP contribution is -2.02. The second-order valence-corrected chi connectivity index (χ2v) is 6.54. The van der Waals surface area contributed by atoms with E-state index in [-0.39, 0.29) is 7.43 Å². The fourth-order valence-electron chi connectivity index (χ4n) is 2.59. The maximum Gasteiger partial charge on any atom is -0.0159 e. The number of aryl methyl sites for hydroxylation is 1. The maximum absolute atomic E-state index is 4.29. The Hall–Kier alpha value is -1.56. The lowest BCUT2D eigenvalue weighted by atomic mass is 9.87. The van der Waals surface area contributed by atoms with Crippen molar-refractivity contribution in [3.05, 3.63) is 65.3 Å². The zero-order valence-electron chi connectivity index (χ0n) is 19.1. The van der Waals surface area contributed by atoms with Gasteiger partial charge in [0, 0.05) is 0 Å². The van der Waals surface area contributed by atoms with E-state index in [0.717, 1.165) is 6.42 Å². The summed E-state index contributed by atoms with van der Waals surface area (Å²) < 4.78 is 0. The molecule has 0 heterocycles. The molecule has 27 heavy (non-hydrogen) atoms. The van der Waals surface area contributed by atoms with Crippen LogP contribution in [0.2, 0.25) is 0 Å². The van der Waals surface area contributed by atoms with Crippen LogP contribution >= 0.6 is 0 Å². The molecule has 0 bridgehead atoms. The van der Waals surface area contributed by atoms with Gasteiger partial charge in [-0.3, -0.25) is 0 Å². The molecule has 0 nitrogen and oxygen atoms in total. The summed E-state index contributed by atoms with van der Waals surface area (Å²) in [6.07, 6.45) is 9.33. The average Bonchev–Trinajstić information content (AvgIpc) is 2.82. The average molecular weight is 373 g/mol. The van der Waals surface area contributed by atoms with Crippen LogP contribution in [-0.2, 0) is 0 Å². The van der Waals surface area contributed by atoms with Crippen LogP contribution < -0.4 is 0 Å². The Bertz CT molecular complexity index is 526. The van der Waals surface area contributed by atoms with Gasteiger partial charge in [0.2, 0.25) is 0 Å². The Labute approximate surface area is 172 Å². The van der Waals surface area contributed by atoms with Crippen molar-refractivity contribution >= 4 is 5.57 Å². The molecule has 0 heteroatoms. The van der Waals surface area contributed by atoms with Gasteiger partial charge in [-0.05, 0) is 57.1 Å². The smallest absolute Gasteiger partial charge is 0.0159 e. The third kappa shape index (κ3) is 13.3. The van der Waals surface area contributed by atoms with Crippen LogP contribution in [0.25, 0.3) is 5.57 Å². The molecule has 1 aromatic rings. The van der Waals surface area contributed by atoms with Crippen molar-refractivity contribution < 1.29 is 0 Å². The molecule has 0 spiro atoms. The van der Waals surface area contributed by atoms with Crippen LogP contribution in [0.15, 0.2) is 54.1 Å². The molecule has 2 rings (SSSR count). The molecule has 1 aromatic carbocycles. The Morgan fingerprint density at radius 2 is 1.41 bits per heavy atom. The molecule has 0 aliphatic heterocycles. The molecule has 0 radical (unpaired) electrons. The predicted octanol–water partition coefficient (Wildman–Crippen LogP) is 9.81. The van der Waals surface area contributed by atoms with Crippen LogP contribution in [0, 0.1) is 12.8 Å². The first-order chi connectivity index (χ1) is 12.5. The minimum atomic E-state index is 0. The highest BCUT2D eigenvalue weighted by Crippen LogP contribution is 2.31. The molecule has 0 N–H and O–H groups in total. The third-order valence-corrected chi connectivity index (χ3v) is 4.11. The highest BCUT2D eigenvalue weighted by Gasteiger charge is 2.15. The molecule has 1 aliphatic carbocycles. The molecule has 0 saturated carbocycles. The van der Waals surface area contributed by atoms with E-state index in [4.69, 9.17) is 0 Å². The minimum absolute atomic E-state index is 0. The zero-order chi connectivity index (χ0) is 20.5. The van der Waals surface area contributed by atoms with Crippen LogP contribution in [0.5, 0.6) is 0 Å². The lowest BCUT2D eigenvalue weighted by Gasteiger charge is -2.18. The largest absolute Gasteiger partial charge is 0.0952 e. The second kappa shape index (κ2) is 19.2. The molecule has 1 atom stereocenters. The summed E-state index contributed by atoms with van der Waals surface area (Å²) in [7, 11) is 0. The Morgan fingerprint density at radius 1 is 0.926 bits per heavy atom. The van der Waals surface area contributed by atoms with Crippen molar-refractivity contribution in [2.45, 2.75) is 95.4 Å². The van der Waals surface area contributed by atoms with Crippen molar-refractivity contribution in [3.63, 3.8) is 0 Å². The van der Waals surface area contributed by atoms with Crippen LogP contribution in [0.1, 0.15) is 99.6 Å². The second-order valence-electron chi connectivity index (χ2n) is 6.54. The Kier molecular flexibility index (Phi) is 21.5. The van der Waals surface area contributed by atoms with Crippen LogP contribution in [0.3, 0.4) is 0 Å². The monoisotopic (exact) mass is 372 g/mol. The highest BCUT2D eigenvalue weighted by molar-refractivity contribution is 5.64. The molecular weight excluding hydrogens is 324 g/mol. The van der Waals surface area contributed by atoms with Crippen molar-refractivity contribution in [3.8, 4) is 0 Å². The van der Waals surface area contributed by atoms with Crippen molar-refractivity contribution in [1.82, 2.24) is 0 Å². The minimum Gasteiger partial charge on any atom is -0.0952 e. The number of allylic oxidation sites excluding steroid dienone is 5. The van der Waals surface area contributed by atoms with Gasteiger partial charge in [0.1, 0.15) is 0 Å². The van der Waals surface area contributed by atoms with E-state index in [1.54, 1.807) is 0 Å². The summed E-state index contributed by atoms with van der Waals surface area (Å²) in [6.45, 7) is 23.1. The Morgan fingerprint density at radius 3 is 1.89 bits per heavy atom. The first-order valence-electron chi connectivity index (χ1n) is 10.6. The molecular formula is C27H48. The number of benzene rings is 1. The van der Waals surface area contributed by atoms with Gasteiger partial charge in [0.25, 0.3) is 0 Å². The first kappa shape index (κ1) is 30.2. The molecule has 0 amide bonds. The fraction of sp³-hybridized carbons (Fsp3) is 0.556. The van der Waals surface area contributed by atoms with E-state index >= 15 is 0 Å².